The summed E-state index contributed by atoms with van der Waals surface area (Å²) in [5, 5.41) is 3.28. The summed E-state index contributed by atoms with van der Waals surface area (Å²) in [6.07, 6.45) is -1.02. The van der Waals surface area contributed by atoms with Crippen LogP contribution in [0.25, 0.3) is 10.9 Å². The highest BCUT2D eigenvalue weighted by Gasteiger charge is 2.21. The van der Waals surface area contributed by atoms with Gasteiger partial charge in [0.05, 0.1) is 23.9 Å². The molecule has 0 saturated heterocycles. The van der Waals surface area contributed by atoms with Gasteiger partial charge in [0.2, 0.25) is 0 Å². The second-order valence-electron chi connectivity index (χ2n) is 6.22. The van der Waals surface area contributed by atoms with Crippen molar-refractivity contribution in [2.45, 2.75) is 20.0 Å². The van der Waals surface area contributed by atoms with Gasteiger partial charge < -0.3 is 14.8 Å². The molecular weight excluding hydrogens is 363 g/mol. The Morgan fingerprint density at radius 2 is 1.82 bits per heavy atom. The van der Waals surface area contributed by atoms with E-state index in [-0.39, 0.29) is 5.56 Å². The number of carbonyl (C=O) groups is 2. The lowest BCUT2D eigenvalue weighted by molar-refractivity contribution is -0.123. The number of methoxy groups -OCH3 is 1. The van der Waals surface area contributed by atoms with E-state index in [0.717, 1.165) is 0 Å². The molecule has 0 radical (unpaired) electrons. The topological polar surface area (TPSA) is 77.5 Å². The number of hydrogen-bond donors (Lipinski definition) is 1. The van der Waals surface area contributed by atoms with Gasteiger partial charge in [-0.15, -0.1) is 0 Å². The number of aryl methyl sites for hydroxylation is 1. The highest BCUT2D eigenvalue weighted by Crippen LogP contribution is 2.19. The molecule has 0 spiro atoms. The third-order valence-electron chi connectivity index (χ3n) is 4.20. The van der Waals surface area contributed by atoms with Crippen LogP contribution in [0, 0.1) is 12.7 Å². The van der Waals surface area contributed by atoms with Crippen LogP contribution in [0.2, 0.25) is 0 Å². The van der Waals surface area contributed by atoms with Crippen LogP contribution in [0.5, 0.6) is 5.75 Å². The molecule has 3 rings (SSSR count). The average molecular weight is 382 g/mol. The van der Waals surface area contributed by atoms with Gasteiger partial charge in [0.15, 0.2) is 6.10 Å². The molecule has 0 bridgehead atoms. The lowest BCUT2D eigenvalue weighted by Crippen LogP contribution is -2.30. The molecule has 0 aliphatic rings. The van der Waals surface area contributed by atoms with E-state index in [9.17, 15) is 14.0 Å². The quantitative estimate of drug-likeness (QED) is 0.678. The fourth-order valence-electron chi connectivity index (χ4n) is 2.64. The fraction of sp³-hybridized carbons (Fsp3) is 0.190. The maximum absolute atomic E-state index is 13.3. The Morgan fingerprint density at radius 1 is 1.11 bits per heavy atom. The van der Waals surface area contributed by atoms with Crippen molar-refractivity contribution in [3.63, 3.8) is 0 Å². The Balaban J connectivity index is 1.70. The van der Waals surface area contributed by atoms with E-state index in [2.05, 4.69) is 10.3 Å². The molecule has 7 heteroatoms. The summed E-state index contributed by atoms with van der Waals surface area (Å²) in [5.74, 6) is -0.879. The van der Waals surface area contributed by atoms with Gasteiger partial charge in [0, 0.05) is 17.1 Å². The van der Waals surface area contributed by atoms with E-state index in [1.165, 1.54) is 25.1 Å². The van der Waals surface area contributed by atoms with Gasteiger partial charge in [-0.25, -0.2) is 9.18 Å². The fourth-order valence-corrected chi connectivity index (χ4v) is 2.64. The minimum atomic E-state index is -1.02. The van der Waals surface area contributed by atoms with Crippen LogP contribution < -0.4 is 10.1 Å². The Kier molecular flexibility index (Phi) is 5.54. The van der Waals surface area contributed by atoms with Crippen LogP contribution in [0.4, 0.5) is 10.1 Å². The van der Waals surface area contributed by atoms with Crippen molar-refractivity contribution >= 4 is 28.5 Å². The number of fused-ring (bicyclic) bond motifs is 1. The van der Waals surface area contributed by atoms with Crippen molar-refractivity contribution in [2.24, 2.45) is 0 Å². The average Bonchev–Trinajstić information content (AvgIpc) is 2.67. The van der Waals surface area contributed by atoms with E-state index < -0.39 is 23.8 Å². The second-order valence-corrected chi connectivity index (χ2v) is 6.22. The van der Waals surface area contributed by atoms with E-state index in [1.54, 1.807) is 44.4 Å². The lowest BCUT2D eigenvalue weighted by Gasteiger charge is -2.15. The molecule has 1 N–H and O–H groups in total. The predicted molar refractivity (Wildman–Crippen MR) is 103 cm³/mol. The van der Waals surface area contributed by atoms with Crippen molar-refractivity contribution in [3.05, 3.63) is 65.6 Å². The van der Waals surface area contributed by atoms with Gasteiger partial charge in [-0.3, -0.25) is 9.78 Å². The summed E-state index contributed by atoms with van der Waals surface area (Å²) in [7, 11) is 1.55. The van der Waals surface area contributed by atoms with E-state index in [0.29, 0.717) is 28.0 Å². The Hall–Kier alpha value is -3.48. The number of hydrogen-bond acceptors (Lipinski definition) is 5. The zero-order valence-electron chi connectivity index (χ0n) is 15.7. The molecule has 3 aromatic rings. The number of pyridine rings is 1. The SMILES string of the molecule is COc1ccc(NC(=O)[C@H](C)OC(=O)c2cc3ccc(F)cc3nc2C)cc1. The number of nitrogens with zero attached hydrogens (tertiary/aromatic N) is 1. The third-order valence-corrected chi connectivity index (χ3v) is 4.20. The number of anilines is 1. The zero-order valence-corrected chi connectivity index (χ0v) is 15.7. The molecular formula is C21H19FN2O4. The Labute approximate surface area is 161 Å². The number of amides is 1. The van der Waals surface area contributed by atoms with Crippen LogP contribution in [0.1, 0.15) is 23.0 Å². The minimum Gasteiger partial charge on any atom is -0.497 e. The monoisotopic (exact) mass is 382 g/mol. The van der Waals surface area contributed by atoms with E-state index >= 15 is 0 Å². The molecule has 1 atom stereocenters. The number of benzene rings is 2. The Morgan fingerprint density at radius 3 is 2.50 bits per heavy atom. The largest absolute Gasteiger partial charge is 0.497 e. The van der Waals surface area contributed by atoms with Gasteiger partial charge in [0.25, 0.3) is 5.91 Å². The standard InChI is InChI=1S/C21H19FN2O4/c1-12-18(10-14-4-5-15(22)11-19(14)23-12)21(26)28-13(2)20(25)24-16-6-8-17(27-3)9-7-16/h4-11,13H,1-3H3,(H,24,25)/t13-/m0/s1. The van der Waals surface area contributed by atoms with Gasteiger partial charge >= 0.3 is 5.97 Å². The molecule has 0 saturated carbocycles. The Bertz CT molecular complexity index is 1030. The highest BCUT2D eigenvalue weighted by molar-refractivity contribution is 5.99. The molecule has 6 nitrogen and oxygen atoms in total. The second kappa shape index (κ2) is 8.04. The van der Waals surface area contributed by atoms with Gasteiger partial charge in [-0.2, -0.15) is 0 Å². The first-order valence-electron chi connectivity index (χ1n) is 8.60. The highest BCUT2D eigenvalue weighted by atomic mass is 19.1. The summed E-state index contributed by atoms with van der Waals surface area (Å²) in [4.78, 5) is 29.0. The summed E-state index contributed by atoms with van der Waals surface area (Å²) < 4.78 is 23.7. The number of esters is 1. The van der Waals surface area contributed by atoms with Gasteiger partial charge in [-0.05, 0) is 56.3 Å². The van der Waals surface area contributed by atoms with Crippen molar-refractivity contribution in [2.75, 3.05) is 12.4 Å². The van der Waals surface area contributed by atoms with Crippen molar-refractivity contribution in [1.82, 2.24) is 4.98 Å². The number of carbonyl (C=O) groups excluding carboxylic acids is 2. The molecule has 0 aliphatic carbocycles. The van der Waals surface area contributed by atoms with Gasteiger partial charge in [0.1, 0.15) is 11.6 Å². The maximum Gasteiger partial charge on any atom is 0.340 e. The lowest BCUT2D eigenvalue weighted by atomic mass is 10.1. The summed E-state index contributed by atoms with van der Waals surface area (Å²) in [5.41, 5.74) is 1.62. The smallest absolute Gasteiger partial charge is 0.340 e. The minimum absolute atomic E-state index is 0.225. The number of nitrogens with one attached hydrogen (secondary N) is 1. The van der Waals surface area contributed by atoms with Crippen LogP contribution >= 0.6 is 0 Å². The van der Waals surface area contributed by atoms with E-state index in [4.69, 9.17) is 9.47 Å². The van der Waals surface area contributed by atoms with Crippen molar-refractivity contribution in [1.29, 1.82) is 0 Å². The molecule has 1 amide bonds. The van der Waals surface area contributed by atoms with Crippen LogP contribution in [-0.4, -0.2) is 30.1 Å². The van der Waals surface area contributed by atoms with Crippen molar-refractivity contribution in [3.8, 4) is 5.75 Å². The van der Waals surface area contributed by atoms with Crippen LogP contribution in [-0.2, 0) is 9.53 Å². The normalized spacial score (nSPS) is 11.7. The number of rotatable bonds is 5. The third kappa shape index (κ3) is 4.25. The number of halogens is 1. The molecule has 0 aliphatic heterocycles. The first-order valence-corrected chi connectivity index (χ1v) is 8.60. The number of aromatic nitrogens is 1. The molecule has 28 heavy (non-hydrogen) atoms. The van der Waals surface area contributed by atoms with Crippen LogP contribution in [0.15, 0.2) is 48.5 Å². The van der Waals surface area contributed by atoms with Crippen LogP contribution in [0.3, 0.4) is 0 Å². The summed E-state index contributed by atoms with van der Waals surface area (Å²) in [6, 6.07) is 12.5. The molecule has 0 unspecified atom stereocenters. The molecule has 2 aromatic carbocycles. The van der Waals surface area contributed by atoms with Crippen molar-refractivity contribution < 1.29 is 23.5 Å². The summed E-state index contributed by atoms with van der Waals surface area (Å²) >= 11 is 0. The summed E-state index contributed by atoms with van der Waals surface area (Å²) in [6.45, 7) is 3.11. The predicted octanol–water partition coefficient (Wildman–Crippen LogP) is 3.87. The molecule has 1 heterocycles. The molecule has 1 aromatic heterocycles. The maximum atomic E-state index is 13.3. The zero-order chi connectivity index (χ0) is 20.3. The van der Waals surface area contributed by atoms with Gasteiger partial charge in [-0.1, -0.05) is 0 Å². The molecule has 144 valence electrons. The first kappa shape index (κ1) is 19.3. The molecule has 0 fully saturated rings. The van der Waals surface area contributed by atoms with E-state index in [1.807, 2.05) is 0 Å². The first-order chi connectivity index (χ1) is 13.4. The number of ether oxygens (including phenoxy) is 2.